The van der Waals surface area contributed by atoms with E-state index in [0.29, 0.717) is 5.69 Å². The summed E-state index contributed by atoms with van der Waals surface area (Å²) in [6, 6.07) is 8.30. The number of nitrogens with zero attached hydrogens (tertiary/aromatic N) is 2. The molecule has 0 spiro atoms. The number of halogens is 3. The van der Waals surface area contributed by atoms with Gasteiger partial charge in [-0.1, -0.05) is 26.0 Å². The second-order valence-electron chi connectivity index (χ2n) is 10.5. The van der Waals surface area contributed by atoms with E-state index in [1.807, 2.05) is 13.8 Å². The van der Waals surface area contributed by atoms with Crippen LogP contribution in [-0.2, 0) is 15.7 Å². The number of anilines is 3. The predicted octanol–water partition coefficient (Wildman–Crippen LogP) is 6.52. The number of aromatic nitrogens is 2. The maximum Gasteiger partial charge on any atom is 0.418 e. The lowest BCUT2D eigenvalue weighted by Gasteiger charge is -2.23. The summed E-state index contributed by atoms with van der Waals surface area (Å²) in [4.78, 5) is 42.1. The first-order chi connectivity index (χ1) is 18.6. The second-order valence-corrected chi connectivity index (χ2v) is 10.5. The van der Waals surface area contributed by atoms with Crippen LogP contribution < -0.4 is 16.0 Å². The Kier molecular flexibility index (Phi) is 9.23. The molecule has 9 nitrogen and oxygen atoms in total. The van der Waals surface area contributed by atoms with E-state index in [1.54, 1.807) is 62.3 Å². The van der Waals surface area contributed by atoms with Gasteiger partial charge in [-0.15, -0.1) is 0 Å². The van der Waals surface area contributed by atoms with E-state index < -0.39 is 41.5 Å². The van der Waals surface area contributed by atoms with Crippen molar-refractivity contribution >= 4 is 34.8 Å². The molecule has 0 bridgehead atoms. The molecule has 40 heavy (non-hydrogen) atoms. The number of rotatable bonds is 9. The highest BCUT2D eigenvalue weighted by atomic mass is 19.4. The van der Waals surface area contributed by atoms with Crippen molar-refractivity contribution in [2.24, 2.45) is 5.92 Å². The summed E-state index contributed by atoms with van der Waals surface area (Å²) in [6.45, 7) is 8.78. The van der Waals surface area contributed by atoms with Gasteiger partial charge in [0.25, 0.3) is 0 Å². The number of carbonyl (C=O) groups excluding carboxylic acids is 3. The summed E-state index contributed by atoms with van der Waals surface area (Å²) in [5.41, 5.74) is -1.79. The average molecular weight is 560 g/mol. The lowest BCUT2D eigenvalue weighted by Crippen LogP contribution is -2.28. The fraction of sp³-hybridized carbons (Fsp3) is 0.357. The average Bonchev–Trinajstić information content (AvgIpc) is 3.37. The van der Waals surface area contributed by atoms with Gasteiger partial charge in [0.15, 0.2) is 5.78 Å². The van der Waals surface area contributed by atoms with Gasteiger partial charge >= 0.3 is 12.3 Å². The minimum Gasteiger partial charge on any atom is -0.444 e. The molecule has 0 unspecified atom stereocenters. The summed E-state index contributed by atoms with van der Waals surface area (Å²) in [5.74, 6) is -1.38. The standard InChI is InChI=1S/C28H32F3N5O4/c1-17(2)15-33-21-13-23(35-26(39)40-27(3,4)5)22(12-20(21)28(29,30)31)34-25(38)14-24(37)18-7-6-8-19(11-18)36-10-9-32-16-36/h6-13,16-17,33H,14-15H2,1-5H3,(H,34,38)(H,35,39). The summed E-state index contributed by atoms with van der Waals surface area (Å²) >= 11 is 0. The van der Waals surface area contributed by atoms with E-state index in [1.165, 1.54) is 6.07 Å². The number of nitrogens with one attached hydrogen (secondary N) is 3. The molecule has 0 atom stereocenters. The smallest absolute Gasteiger partial charge is 0.418 e. The van der Waals surface area contributed by atoms with Crippen LogP contribution in [0, 0.1) is 5.92 Å². The first-order valence-electron chi connectivity index (χ1n) is 12.5. The molecule has 0 aliphatic carbocycles. The van der Waals surface area contributed by atoms with Gasteiger partial charge in [-0.25, -0.2) is 9.78 Å². The zero-order valence-electron chi connectivity index (χ0n) is 22.8. The highest BCUT2D eigenvalue weighted by Crippen LogP contribution is 2.40. The van der Waals surface area contributed by atoms with E-state index in [4.69, 9.17) is 4.74 Å². The molecule has 0 radical (unpaired) electrons. The molecule has 214 valence electrons. The highest BCUT2D eigenvalue weighted by molar-refractivity contribution is 6.12. The summed E-state index contributed by atoms with van der Waals surface area (Å²) in [7, 11) is 0. The van der Waals surface area contributed by atoms with Gasteiger partial charge in [-0.3, -0.25) is 14.9 Å². The first-order valence-corrected chi connectivity index (χ1v) is 12.5. The number of amides is 2. The fourth-order valence-corrected chi connectivity index (χ4v) is 3.61. The molecule has 0 fully saturated rings. The molecule has 12 heteroatoms. The van der Waals surface area contributed by atoms with E-state index in [0.717, 1.165) is 12.1 Å². The number of Topliss-reactive ketones (excluding diaryl/α,β-unsaturated/α-hetero) is 1. The number of carbonyl (C=O) groups is 3. The molecule has 3 aromatic rings. The maximum atomic E-state index is 14.0. The third-order valence-electron chi connectivity index (χ3n) is 5.37. The quantitative estimate of drug-likeness (QED) is 0.203. The van der Waals surface area contributed by atoms with Crippen molar-refractivity contribution in [2.75, 3.05) is 22.5 Å². The number of benzene rings is 2. The zero-order chi connectivity index (χ0) is 29.7. The zero-order valence-corrected chi connectivity index (χ0v) is 22.8. The van der Waals surface area contributed by atoms with E-state index in [9.17, 15) is 27.6 Å². The molecule has 0 aliphatic rings. The van der Waals surface area contributed by atoms with Crippen molar-refractivity contribution in [1.29, 1.82) is 0 Å². The molecule has 0 saturated carbocycles. The Bertz CT molecular complexity index is 1360. The molecule has 0 saturated heterocycles. The van der Waals surface area contributed by atoms with Crippen molar-refractivity contribution in [2.45, 2.75) is 52.8 Å². The maximum absolute atomic E-state index is 14.0. The molecular formula is C28H32F3N5O4. The van der Waals surface area contributed by atoms with Crippen LogP contribution >= 0.6 is 0 Å². The lowest BCUT2D eigenvalue weighted by molar-refractivity contribution is -0.137. The molecular weight excluding hydrogens is 527 g/mol. The van der Waals surface area contributed by atoms with Gasteiger partial charge in [-0.2, -0.15) is 13.2 Å². The van der Waals surface area contributed by atoms with Crippen LogP contribution in [0.5, 0.6) is 0 Å². The summed E-state index contributed by atoms with van der Waals surface area (Å²) in [5, 5.41) is 7.51. The second kappa shape index (κ2) is 12.2. The number of ketones is 1. The number of hydrogen-bond donors (Lipinski definition) is 3. The summed E-state index contributed by atoms with van der Waals surface area (Å²) < 4.78 is 48.8. The van der Waals surface area contributed by atoms with Crippen molar-refractivity contribution in [3.63, 3.8) is 0 Å². The van der Waals surface area contributed by atoms with Gasteiger partial charge in [0, 0.05) is 35.9 Å². The minimum absolute atomic E-state index is 0.0287. The van der Waals surface area contributed by atoms with Crippen LogP contribution in [0.25, 0.3) is 5.69 Å². The number of alkyl halides is 3. The first kappa shape index (κ1) is 30.2. The molecule has 1 heterocycles. The molecule has 2 amide bonds. The van der Waals surface area contributed by atoms with E-state index >= 15 is 0 Å². The third-order valence-corrected chi connectivity index (χ3v) is 5.37. The highest BCUT2D eigenvalue weighted by Gasteiger charge is 2.35. The Hall–Kier alpha value is -4.35. The van der Waals surface area contributed by atoms with Crippen LogP contribution in [0.3, 0.4) is 0 Å². The van der Waals surface area contributed by atoms with Gasteiger partial charge in [0.2, 0.25) is 5.91 Å². The predicted molar refractivity (Wildman–Crippen MR) is 146 cm³/mol. The minimum atomic E-state index is -4.77. The van der Waals surface area contributed by atoms with Crippen molar-refractivity contribution in [3.8, 4) is 5.69 Å². The SMILES string of the molecule is CC(C)CNc1cc(NC(=O)OC(C)(C)C)c(NC(=O)CC(=O)c2cccc(-n3ccnc3)c2)cc1C(F)(F)F. The topological polar surface area (TPSA) is 114 Å². The lowest BCUT2D eigenvalue weighted by atomic mass is 10.1. The fourth-order valence-electron chi connectivity index (χ4n) is 3.61. The molecule has 3 rings (SSSR count). The number of ether oxygens (including phenoxy) is 1. The van der Waals surface area contributed by atoms with Gasteiger partial charge in [0.05, 0.1) is 29.7 Å². The molecule has 0 aliphatic heterocycles. The Labute approximate surface area is 230 Å². The van der Waals surface area contributed by atoms with Gasteiger partial charge in [-0.05, 0) is 51.0 Å². The molecule has 3 N–H and O–H groups in total. The monoisotopic (exact) mass is 559 g/mol. The Morgan fingerprint density at radius 1 is 1.00 bits per heavy atom. The normalized spacial score (nSPS) is 11.7. The van der Waals surface area contributed by atoms with Crippen molar-refractivity contribution < 1.29 is 32.3 Å². The van der Waals surface area contributed by atoms with Crippen LogP contribution in [0.15, 0.2) is 55.1 Å². The Morgan fingerprint density at radius 3 is 2.30 bits per heavy atom. The Balaban J connectivity index is 1.90. The van der Waals surface area contributed by atoms with Crippen molar-refractivity contribution in [3.05, 3.63) is 66.2 Å². The van der Waals surface area contributed by atoms with Crippen LogP contribution in [-0.4, -0.2) is 39.5 Å². The van der Waals surface area contributed by atoms with Crippen LogP contribution in [0.1, 0.15) is 57.0 Å². The van der Waals surface area contributed by atoms with Crippen molar-refractivity contribution in [1.82, 2.24) is 9.55 Å². The van der Waals surface area contributed by atoms with Crippen LogP contribution in [0.4, 0.5) is 35.0 Å². The summed E-state index contributed by atoms with van der Waals surface area (Å²) in [6.07, 6.45) is -1.53. The number of imidazole rings is 1. The van der Waals surface area contributed by atoms with E-state index in [-0.39, 0.29) is 35.1 Å². The Morgan fingerprint density at radius 2 is 1.70 bits per heavy atom. The van der Waals surface area contributed by atoms with E-state index in [2.05, 4.69) is 20.9 Å². The number of hydrogen-bond acceptors (Lipinski definition) is 6. The van der Waals surface area contributed by atoms with Crippen LogP contribution in [0.2, 0.25) is 0 Å². The third kappa shape index (κ3) is 8.58. The molecule has 1 aromatic heterocycles. The van der Waals surface area contributed by atoms with Gasteiger partial charge in [0.1, 0.15) is 5.60 Å². The molecule has 2 aromatic carbocycles. The van der Waals surface area contributed by atoms with Gasteiger partial charge < -0.3 is 19.9 Å². The largest absolute Gasteiger partial charge is 0.444 e.